The molecule has 2 N–H and O–H groups in total. The van der Waals surface area contributed by atoms with E-state index in [1.165, 1.54) is 6.92 Å². The van der Waals surface area contributed by atoms with E-state index >= 15 is 0 Å². The zero-order chi connectivity index (χ0) is 12.6. The highest BCUT2D eigenvalue weighted by molar-refractivity contribution is 5.78. The first kappa shape index (κ1) is 11.1. The van der Waals surface area contributed by atoms with E-state index in [0.717, 1.165) is 0 Å². The van der Waals surface area contributed by atoms with Gasteiger partial charge in [-0.05, 0) is 19.1 Å². The van der Waals surface area contributed by atoms with E-state index in [4.69, 9.17) is 5.11 Å². The van der Waals surface area contributed by atoms with E-state index in [0.29, 0.717) is 15.5 Å². The normalized spacial score (nSPS) is 12.5. The molecule has 1 aromatic carbocycles. The Kier molecular flexibility index (Phi) is 2.55. The van der Waals surface area contributed by atoms with Gasteiger partial charge in [0, 0.05) is 0 Å². The molecule has 2 aromatic rings. The quantitative estimate of drug-likeness (QED) is 0.783. The van der Waals surface area contributed by atoms with Gasteiger partial charge in [-0.25, -0.2) is 14.2 Å². The Hall–Kier alpha value is -2.37. The van der Waals surface area contributed by atoms with Gasteiger partial charge in [0.15, 0.2) is 0 Å². The minimum Gasteiger partial charge on any atom is -0.480 e. The van der Waals surface area contributed by atoms with Gasteiger partial charge < -0.3 is 10.1 Å². The van der Waals surface area contributed by atoms with Crippen molar-refractivity contribution < 1.29 is 9.90 Å². The summed E-state index contributed by atoms with van der Waals surface area (Å²) in [5.41, 5.74) is -0.917. The number of benzene rings is 1. The fourth-order valence-electron chi connectivity index (χ4n) is 1.64. The fourth-order valence-corrected chi connectivity index (χ4v) is 1.64. The lowest BCUT2D eigenvalue weighted by Crippen LogP contribution is -2.39. The standard InChI is InChI=1S/C11H10N2O4/c1-6(10(15)16)13-9(14)7-4-2-3-5-8(7)12-11(13)17/h2-6H,1H3,(H,12,17)(H,15,16)/t6-/m1/s1. The van der Waals surface area contributed by atoms with Gasteiger partial charge in [-0.2, -0.15) is 0 Å². The second kappa shape index (κ2) is 3.89. The lowest BCUT2D eigenvalue weighted by Gasteiger charge is -2.09. The fraction of sp³-hybridized carbons (Fsp3) is 0.182. The second-order valence-corrected chi connectivity index (χ2v) is 3.67. The molecule has 0 saturated carbocycles. The Bertz CT molecular complexity index is 698. The van der Waals surface area contributed by atoms with E-state index in [-0.39, 0.29) is 0 Å². The van der Waals surface area contributed by atoms with Gasteiger partial charge in [-0.15, -0.1) is 0 Å². The Labute approximate surface area is 95.1 Å². The summed E-state index contributed by atoms with van der Waals surface area (Å²) < 4.78 is 0.699. The van der Waals surface area contributed by atoms with Crippen molar-refractivity contribution in [3.05, 3.63) is 45.1 Å². The predicted molar refractivity (Wildman–Crippen MR) is 61.2 cm³/mol. The first-order chi connectivity index (χ1) is 8.02. The van der Waals surface area contributed by atoms with Gasteiger partial charge >= 0.3 is 11.7 Å². The van der Waals surface area contributed by atoms with E-state index in [1.54, 1.807) is 24.3 Å². The van der Waals surface area contributed by atoms with E-state index in [2.05, 4.69) is 4.98 Å². The molecule has 1 atom stereocenters. The molecule has 0 aliphatic rings. The number of aromatic amines is 1. The second-order valence-electron chi connectivity index (χ2n) is 3.67. The Morgan fingerprint density at radius 1 is 1.35 bits per heavy atom. The molecule has 1 heterocycles. The molecular weight excluding hydrogens is 224 g/mol. The van der Waals surface area contributed by atoms with Crippen LogP contribution in [0.4, 0.5) is 0 Å². The van der Waals surface area contributed by atoms with Gasteiger partial charge in [-0.3, -0.25) is 4.79 Å². The molecule has 0 spiro atoms. The van der Waals surface area contributed by atoms with Gasteiger partial charge in [0.2, 0.25) is 0 Å². The number of aromatic nitrogens is 2. The number of hydrogen-bond acceptors (Lipinski definition) is 3. The monoisotopic (exact) mass is 234 g/mol. The molecule has 1 aromatic heterocycles. The lowest BCUT2D eigenvalue weighted by molar-refractivity contribution is -0.140. The highest BCUT2D eigenvalue weighted by Gasteiger charge is 2.18. The van der Waals surface area contributed by atoms with Crippen molar-refractivity contribution in [2.45, 2.75) is 13.0 Å². The molecule has 6 heteroatoms. The number of fused-ring (bicyclic) bond motifs is 1. The number of nitrogens with one attached hydrogen (secondary N) is 1. The van der Waals surface area contributed by atoms with Crippen LogP contribution in [0, 0.1) is 0 Å². The molecule has 6 nitrogen and oxygen atoms in total. The first-order valence-corrected chi connectivity index (χ1v) is 4.98. The number of carbonyl (C=O) groups is 1. The summed E-state index contributed by atoms with van der Waals surface area (Å²) in [6, 6.07) is 5.27. The van der Waals surface area contributed by atoms with Gasteiger partial charge in [0.05, 0.1) is 10.9 Å². The van der Waals surface area contributed by atoms with Crippen LogP contribution in [0.15, 0.2) is 33.9 Å². The molecule has 88 valence electrons. The zero-order valence-electron chi connectivity index (χ0n) is 9.01. The van der Waals surface area contributed by atoms with E-state index < -0.39 is 23.3 Å². The topological polar surface area (TPSA) is 92.2 Å². The SMILES string of the molecule is C[C@H](C(=O)O)n1c(=O)[nH]c2ccccc2c1=O. The Balaban J connectivity index is 2.86. The van der Waals surface area contributed by atoms with Crippen molar-refractivity contribution in [3.8, 4) is 0 Å². The summed E-state index contributed by atoms with van der Waals surface area (Å²) in [6.45, 7) is 1.29. The van der Waals surface area contributed by atoms with Gasteiger partial charge in [0.25, 0.3) is 5.56 Å². The third kappa shape index (κ3) is 1.73. The highest BCUT2D eigenvalue weighted by Crippen LogP contribution is 2.05. The molecule has 0 saturated heterocycles. The van der Waals surface area contributed by atoms with Crippen LogP contribution >= 0.6 is 0 Å². The first-order valence-electron chi connectivity index (χ1n) is 4.98. The molecule has 17 heavy (non-hydrogen) atoms. The molecule has 0 fully saturated rings. The van der Waals surface area contributed by atoms with Crippen LogP contribution in [0.2, 0.25) is 0 Å². The number of H-pyrrole nitrogens is 1. The van der Waals surface area contributed by atoms with Crippen molar-refractivity contribution >= 4 is 16.9 Å². The summed E-state index contributed by atoms with van der Waals surface area (Å²) >= 11 is 0. The highest BCUT2D eigenvalue weighted by atomic mass is 16.4. The molecule has 0 amide bonds. The smallest absolute Gasteiger partial charge is 0.329 e. The molecule has 0 aliphatic heterocycles. The Morgan fingerprint density at radius 2 is 2.00 bits per heavy atom. The Morgan fingerprint density at radius 3 is 2.65 bits per heavy atom. The maximum Gasteiger partial charge on any atom is 0.329 e. The molecule has 0 radical (unpaired) electrons. The van der Waals surface area contributed by atoms with E-state index in [1.807, 2.05) is 0 Å². The zero-order valence-corrected chi connectivity index (χ0v) is 9.01. The lowest BCUT2D eigenvalue weighted by atomic mass is 10.2. The molecule has 2 rings (SSSR count). The third-order valence-corrected chi connectivity index (χ3v) is 2.58. The average Bonchev–Trinajstić information content (AvgIpc) is 2.28. The van der Waals surface area contributed by atoms with E-state index in [9.17, 15) is 14.4 Å². The van der Waals surface area contributed by atoms with Gasteiger partial charge in [-0.1, -0.05) is 12.1 Å². The van der Waals surface area contributed by atoms with Crippen LogP contribution in [0.5, 0.6) is 0 Å². The van der Waals surface area contributed by atoms with Crippen molar-refractivity contribution in [2.24, 2.45) is 0 Å². The number of para-hydroxylation sites is 1. The number of nitrogens with zero attached hydrogens (tertiary/aromatic N) is 1. The number of carboxylic acids is 1. The number of aliphatic carboxylic acids is 1. The van der Waals surface area contributed by atoms with Crippen LogP contribution in [-0.4, -0.2) is 20.6 Å². The number of hydrogen-bond donors (Lipinski definition) is 2. The van der Waals surface area contributed by atoms with Crippen LogP contribution in [0.25, 0.3) is 10.9 Å². The van der Waals surface area contributed by atoms with Crippen molar-refractivity contribution in [1.29, 1.82) is 0 Å². The van der Waals surface area contributed by atoms with Crippen LogP contribution < -0.4 is 11.2 Å². The third-order valence-electron chi connectivity index (χ3n) is 2.58. The predicted octanol–water partition coefficient (Wildman–Crippen LogP) is 0.335. The number of rotatable bonds is 2. The average molecular weight is 234 g/mol. The summed E-state index contributed by atoms with van der Waals surface area (Å²) in [4.78, 5) is 36.9. The van der Waals surface area contributed by atoms with Crippen molar-refractivity contribution in [3.63, 3.8) is 0 Å². The molecule has 0 unspecified atom stereocenters. The summed E-state index contributed by atoms with van der Waals surface area (Å²) in [7, 11) is 0. The summed E-state index contributed by atoms with van der Waals surface area (Å²) in [5, 5.41) is 9.14. The van der Waals surface area contributed by atoms with Crippen molar-refractivity contribution in [1.82, 2.24) is 9.55 Å². The summed E-state index contributed by atoms with van der Waals surface area (Å²) in [6.07, 6.45) is 0. The van der Waals surface area contributed by atoms with Crippen LogP contribution in [-0.2, 0) is 4.79 Å². The van der Waals surface area contributed by atoms with Gasteiger partial charge in [0.1, 0.15) is 6.04 Å². The summed E-state index contributed by atoms with van der Waals surface area (Å²) in [5.74, 6) is -1.23. The maximum atomic E-state index is 12.0. The van der Waals surface area contributed by atoms with Crippen LogP contribution in [0.1, 0.15) is 13.0 Å². The van der Waals surface area contributed by atoms with Crippen LogP contribution in [0.3, 0.4) is 0 Å². The molecule has 0 aliphatic carbocycles. The van der Waals surface area contributed by atoms with Crippen molar-refractivity contribution in [2.75, 3.05) is 0 Å². The maximum absolute atomic E-state index is 12.0. The molecule has 0 bridgehead atoms. The molecular formula is C11H10N2O4. The minimum absolute atomic E-state index is 0.292. The largest absolute Gasteiger partial charge is 0.480 e. The minimum atomic E-state index is -1.23. The number of carboxylic acid groups (broad SMARTS) is 1.